The fourth-order valence-corrected chi connectivity index (χ4v) is 15.9. The number of carbonyl (C=O) groups is 11. The highest BCUT2D eigenvalue weighted by molar-refractivity contribution is 6.32. The number of rotatable bonds is 16. The summed E-state index contributed by atoms with van der Waals surface area (Å²) < 4.78 is 38.6. The van der Waals surface area contributed by atoms with E-state index in [1.54, 1.807) is 13.8 Å². The largest absolute Gasteiger partial charge is 0.508 e. The number of nitrogens with one attached hydrogen (secondary N) is 6. The van der Waals surface area contributed by atoms with E-state index in [0.717, 1.165) is 77.7 Å². The van der Waals surface area contributed by atoms with Crippen LogP contribution in [0.4, 0.5) is 0 Å². The van der Waals surface area contributed by atoms with Crippen LogP contribution in [0.2, 0.25) is 10.0 Å². The number of halogens is 2. The highest BCUT2D eigenvalue weighted by Crippen LogP contribution is 2.50. The minimum atomic E-state index is -2.42. The lowest BCUT2D eigenvalue weighted by molar-refractivity contribution is -0.333. The van der Waals surface area contributed by atoms with Crippen LogP contribution in [0.5, 0.6) is 46.0 Å². The van der Waals surface area contributed by atoms with Gasteiger partial charge in [-0.2, -0.15) is 0 Å². The van der Waals surface area contributed by atoms with E-state index in [0.29, 0.717) is 25.7 Å². The Balaban J connectivity index is 1.02. The van der Waals surface area contributed by atoms with E-state index >= 15 is 24.0 Å². The zero-order valence-electron chi connectivity index (χ0n) is 63.3. The van der Waals surface area contributed by atoms with Crippen molar-refractivity contribution >= 4 is 88.2 Å². The van der Waals surface area contributed by atoms with Gasteiger partial charge in [0.25, 0.3) is 11.8 Å². The lowest BCUT2D eigenvalue weighted by Crippen LogP contribution is -2.64. The molecule has 5 aromatic rings. The Morgan fingerprint density at radius 2 is 1.30 bits per heavy atom. The molecule has 37 nitrogen and oxygen atoms in total. The van der Waals surface area contributed by atoms with E-state index in [1.165, 1.54) is 44.0 Å². The van der Waals surface area contributed by atoms with Gasteiger partial charge in [0.05, 0.1) is 35.3 Å². The Morgan fingerprint density at radius 3 is 1.89 bits per heavy atom. The number of aromatic hydroxyl groups is 3. The van der Waals surface area contributed by atoms with Gasteiger partial charge in [0.15, 0.2) is 29.9 Å². The first-order valence-electron chi connectivity index (χ1n) is 37.4. The minimum absolute atomic E-state index is 0.0471. The van der Waals surface area contributed by atoms with Crippen LogP contribution < -0.4 is 57.6 Å². The van der Waals surface area contributed by atoms with Gasteiger partial charge < -0.3 is 128 Å². The number of carboxylic acids is 1. The van der Waals surface area contributed by atoms with Crippen LogP contribution in [0.15, 0.2) is 91.0 Å². The van der Waals surface area contributed by atoms with Crippen molar-refractivity contribution in [1.82, 2.24) is 41.7 Å². The number of phenols is 3. The van der Waals surface area contributed by atoms with Crippen LogP contribution in [-0.4, -0.2) is 225 Å². The van der Waals surface area contributed by atoms with Gasteiger partial charge in [0.1, 0.15) is 95.5 Å². The highest BCUT2D eigenvalue weighted by Gasteiger charge is 2.52. The molecule has 8 heterocycles. The molecule has 9 aliphatic rings. The van der Waals surface area contributed by atoms with Crippen LogP contribution in [0.1, 0.15) is 131 Å². The van der Waals surface area contributed by atoms with E-state index in [2.05, 4.69) is 31.9 Å². The summed E-state index contributed by atoms with van der Waals surface area (Å²) in [6.45, 7) is 5.61. The van der Waals surface area contributed by atoms with E-state index in [4.69, 9.17) is 63.1 Å². The van der Waals surface area contributed by atoms with Crippen molar-refractivity contribution in [3.63, 3.8) is 0 Å². The second kappa shape index (κ2) is 34.8. The standard InChI is InChI=1S/C78H88Cl2N10O27/c1-30(2)18-44(89(5)75(109)33-8-6-32(7-9-33)28-90-53(96)16-17-54(90)97)70(104)87-60-62(98)35-11-14-47(41(79)20-35)113-49-22-37-23-50(66(49)117-77-67(65(101)64(100)51(29-91)115-77)116-55-27-78(4,82)68(102)31(3)112-55)114-48-15-12-36(21-42(48)80)63(99)61-74(108)86-59(76(110)111)40-24-38(92)25-46(94)56(40)39-19-34(10-13-45(39)93)57(71(105)88-61)85-72(106)58(37)84-69(103)43(26-52(81)95)83-73(60)107/h10-17,19-25,30-33,43-44,51,55,57-65,67-68,77,91-94,98-102H,6-9,18,26-29,82H2,1-5H3,(H2,81,95)(H,83,107)(H,84,103)(H,85,106)(H,86,108)(H,87,104)(H,88,105)(H,110,111)/t31?,32?,33?,43-,44-,51?,55-,57+,58+,59-,60+,61-,62+,63+,64?,65+,67?,68+,77?,78-/m0/s1. The molecule has 626 valence electrons. The Bertz CT molecular complexity index is 4790. The van der Waals surface area contributed by atoms with Gasteiger partial charge >= 0.3 is 5.97 Å². The molecule has 117 heavy (non-hydrogen) atoms. The average molecular weight is 1670 g/mol. The van der Waals surface area contributed by atoms with Crippen LogP contribution in [0.3, 0.4) is 0 Å². The maximum Gasteiger partial charge on any atom is 0.330 e. The molecule has 5 unspecified atom stereocenters. The van der Waals surface area contributed by atoms with Gasteiger partial charge in [-0.25, -0.2) is 4.79 Å². The first-order valence-corrected chi connectivity index (χ1v) is 38.1. The Morgan fingerprint density at radius 1 is 0.701 bits per heavy atom. The Labute approximate surface area is 676 Å². The molecule has 1 aliphatic carbocycles. The fraction of sp³-hybridized carbons (Fsp3) is 0.449. The SMILES string of the molecule is CC(C)C[C@@H](C(=O)N[C@H]1C(=O)N[C@@H](CC(N)=O)C(=O)N[C@H]2C(=O)N[C@H]3C(=O)N[C@H](C(=O)N[C@H](C(=O)O)c4cc(O)cc(O)c4-c4cc3ccc4O)[C@H](O)c3ccc(c(Cl)c3)Oc3cc2cc(c3OC2OC(CO)C(O)[C@@H](O)C2O[C@H]2C[C@](C)(N)[C@H](O)C(C)O2)Oc2ccc(cc2Cl)[C@H]1O)N(C)C(=O)C1CCC(CN2C(=O)C=CC2=O)CC1. The van der Waals surface area contributed by atoms with Crippen molar-refractivity contribution in [3.05, 3.63) is 129 Å². The predicted octanol–water partition coefficient (Wildman–Crippen LogP) is 1.08. The molecule has 0 radical (unpaired) electrons. The summed E-state index contributed by atoms with van der Waals surface area (Å²) in [5.74, 6) is -19.2. The van der Waals surface area contributed by atoms with E-state index in [1.807, 2.05) is 0 Å². The number of hydrogen-bond donors (Lipinski definition) is 18. The zero-order valence-corrected chi connectivity index (χ0v) is 64.8. The number of nitrogens with zero attached hydrogens (tertiary/aromatic N) is 2. The zero-order chi connectivity index (χ0) is 84.8. The number of amides is 10. The molecule has 3 fully saturated rings. The van der Waals surface area contributed by atoms with E-state index in [-0.39, 0.29) is 42.3 Å². The number of aliphatic hydroxyl groups is 6. The summed E-state index contributed by atoms with van der Waals surface area (Å²) in [6.07, 6.45) is -15.6. The van der Waals surface area contributed by atoms with Crippen molar-refractivity contribution in [2.24, 2.45) is 29.2 Å². The molecule has 5 aromatic carbocycles. The molecule has 11 bridgehead atoms. The summed E-state index contributed by atoms with van der Waals surface area (Å²) in [5.41, 5.74) is 7.85. The number of phenolic OH excluding ortho intramolecular Hbond substituents is 3. The summed E-state index contributed by atoms with van der Waals surface area (Å²) in [6, 6.07) is -1.86. The number of ether oxygens (including phenoxy) is 6. The molecule has 0 aromatic heterocycles. The molecule has 39 heteroatoms. The van der Waals surface area contributed by atoms with E-state index in [9.17, 15) is 79.8 Å². The van der Waals surface area contributed by atoms with E-state index < -0.39 is 277 Å². The summed E-state index contributed by atoms with van der Waals surface area (Å²) in [5, 5.41) is 129. The van der Waals surface area contributed by atoms with Gasteiger partial charge in [0, 0.05) is 66.4 Å². The first-order chi connectivity index (χ1) is 55.3. The van der Waals surface area contributed by atoms with Crippen LogP contribution in [0.25, 0.3) is 11.1 Å². The van der Waals surface area contributed by atoms with Gasteiger partial charge in [-0.15, -0.1) is 0 Å². The van der Waals surface area contributed by atoms with Crippen molar-refractivity contribution in [3.8, 4) is 57.1 Å². The molecule has 8 aliphatic heterocycles. The predicted molar refractivity (Wildman–Crippen MR) is 404 cm³/mol. The molecule has 2 saturated heterocycles. The number of benzene rings is 5. The maximum absolute atomic E-state index is 16.2. The topological polar surface area (TPSA) is 576 Å². The molecule has 14 rings (SSSR count). The number of nitrogens with two attached hydrogens (primary N) is 2. The third-order valence-electron chi connectivity index (χ3n) is 21.8. The molecular weight excluding hydrogens is 1580 g/mol. The maximum atomic E-state index is 16.2. The number of aliphatic carboxylic acids is 1. The van der Waals surface area contributed by atoms with Gasteiger partial charge in [-0.3, -0.25) is 52.8 Å². The third-order valence-corrected chi connectivity index (χ3v) is 22.3. The number of hydrogen-bond acceptors (Lipinski definition) is 27. The number of imide groups is 1. The second-order valence-electron chi connectivity index (χ2n) is 30.7. The molecule has 20 N–H and O–H groups in total. The van der Waals surface area contributed by atoms with Crippen molar-refractivity contribution < 1.29 is 132 Å². The van der Waals surface area contributed by atoms with Crippen LogP contribution >= 0.6 is 23.2 Å². The lowest BCUT2D eigenvalue weighted by Gasteiger charge is -2.47. The first kappa shape index (κ1) is 85.6. The molecular formula is C78H88Cl2N10O27. The number of carbonyl (C=O) groups excluding carboxylic acids is 10. The number of fused-ring (bicyclic) bond motifs is 15. The number of aliphatic hydroxyl groups excluding tert-OH is 6. The Kier molecular flexibility index (Phi) is 25.4. The summed E-state index contributed by atoms with van der Waals surface area (Å²) in [4.78, 5) is 161. The monoisotopic (exact) mass is 1670 g/mol. The van der Waals surface area contributed by atoms with Crippen molar-refractivity contribution in [2.75, 3.05) is 20.2 Å². The number of carboxylic acid groups (broad SMARTS) is 1. The Hall–Kier alpha value is -10.8. The van der Waals surface area contributed by atoms with Crippen molar-refractivity contribution in [2.45, 2.75) is 182 Å². The highest BCUT2D eigenvalue weighted by atomic mass is 35.5. The number of primary amides is 1. The molecule has 0 spiro atoms. The van der Waals surface area contributed by atoms with Gasteiger partial charge in [-0.1, -0.05) is 55.2 Å². The summed E-state index contributed by atoms with van der Waals surface area (Å²) >= 11 is 14.3. The molecule has 1 saturated carbocycles. The van der Waals surface area contributed by atoms with Gasteiger partial charge in [-0.05, 0) is 135 Å². The normalized spacial score (nSPS) is 29.6. The quantitative estimate of drug-likeness (QED) is 0.0615. The van der Waals surface area contributed by atoms with Crippen LogP contribution in [-0.2, 0) is 67.0 Å². The number of likely N-dealkylation sites (N-methyl/N-ethyl adjacent to an activating group) is 1. The van der Waals surface area contributed by atoms with Gasteiger partial charge in [0.2, 0.25) is 59.3 Å². The second-order valence-corrected chi connectivity index (χ2v) is 31.5. The molecule has 10 amide bonds. The lowest BCUT2D eigenvalue weighted by atomic mass is 9.81. The average Bonchev–Trinajstić information content (AvgIpc) is 1.30. The minimum Gasteiger partial charge on any atom is -0.508 e. The summed E-state index contributed by atoms with van der Waals surface area (Å²) in [7, 11) is 1.38. The smallest absolute Gasteiger partial charge is 0.330 e. The van der Waals surface area contributed by atoms with Crippen molar-refractivity contribution in [1.29, 1.82) is 0 Å². The molecule has 18 atom stereocenters. The van der Waals surface area contributed by atoms with Crippen LogP contribution in [0, 0.1) is 17.8 Å². The third kappa shape index (κ3) is 18.2. The fourth-order valence-electron chi connectivity index (χ4n) is 15.5.